The molecule has 0 atom stereocenters. The minimum atomic E-state index is -0.194. The van der Waals surface area contributed by atoms with Crippen LogP contribution in [0.1, 0.15) is 13.3 Å². The molecule has 0 aliphatic carbocycles. The van der Waals surface area contributed by atoms with Crippen molar-refractivity contribution >= 4 is 46.6 Å². The van der Waals surface area contributed by atoms with Crippen LogP contribution in [-0.2, 0) is 11.3 Å². The maximum Gasteiger partial charge on any atom is 0.234 e. The monoisotopic (exact) mass is 421 g/mol. The third kappa shape index (κ3) is 4.80. The highest BCUT2D eigenvalue weighted by atomic mass is 35.5. The number of thioether (sulfide) groups is 1. The Morgan fingerprint density at radius 3 is 2.70 bits per heavy atom. The second-order valence-corrected chi connectivity index (χ2v) is 7.36. The number of amides is 1. The van der Waals surface area contributed by atoms with E-state index in [-0.39, 0.29) is 11.7 Å². The second-order valence-electron chi connectivity index (χ2n) is 5.63. The van der Waals surface area contributed by atoms with Gasteiger partial charge in [0.2, 0.25) is 5.91 Å². The van der Waals surface area contributed by atoms with E-state index in [1.54, 1.807) is 30.6 Å². The Hall–Kier alpha value is -2.09. The van der Waals surface area contributed by atoms with Gasteiger partial charge in [-0.1, -0.05) is 48.0 Å². The third-order valence-corrected chi connectivity index (χ3v) is 5.45. The molecule has 0 radical (unpaired) electrons. The summed E-state index contributed by atoms with van der Waals surface area (Å²) in [5.74, 6) is 0.752. The Morgan fingerprint density at radius 1 is 1.19 bits per heavy atom. The summed E-state index contributed by atoms with van der Waals surface area (Å²) in [7, 11) is 0. The predicted molar refractivity (Wildman–Crippen MR) is 109 cm³/mol. The van der Waals surface area contributed by atoms with Gasteiger partial charge in [0.05, 0.1) is 21.5 Å². The van der Waals surface area contributed by atoms with Crippen molar-refractivity contribution in [2.24, 2.45) is 0 Å². The SMILES string of the molecule is CCCn1c(SCC(=O)Nc2cccc(Cl)c2Cl)nnc1-c1ccncc1. The van der Waals surface area contributed by atoms with Crippen LogP contribution >= 0.6 is 35.0 Å². The number of pyridine rings is 1. The molecule has 1 N–H and O–H groups in total. The number of carbonyl (C=O) groups is 1. The minimum absolute atomic E-state index is 0.182. The predicted octanol–water partition coefficient (Wildman–Crippen LogP) is 4.79. The van der Waals surface area contributed by atoms with Crippen molar-refractivity contribution in [2.45, 2.75) is 25.0 Å². The van der Waals surface area contributed by atoms with Gasteiger partial charge in [-0.2, -0.15) is 0 Å². The molecule has 2 aromatic heterocycles. The van der Waals surface area contributed by atoms with E-state index in [1.165, 1.54) is 11.8 Å². The van der Waals surface area contributed by atoms with Crippen LogP contribution in [0.25, 0.3) is 11.4 Å². The van der Waals surface area contributed by atoms with Gasteiger partial charge in [-0.3, -0.25) is 9.78 Å². The zero-order chi connectivity index (χ0) is 19.2. The second kappa shape index (κ2) is 9.21. The molecule has 0 unspecified atom stereocenters. The molecule has 9 heteroatoms. The smallest absolute Gasteiger partial charge is 0.234 e. The number of anilines is 1. The number of halogens is 2. The van der Waals surface area contributed by atoms with Gasteiger partial charge in [0.1, 0.15) is 0 Å². The summed E-state index contributed by atoms with van der Waals surface area (Å²) >= 11 is 13.4. The first kappa shape index (κ1) is 19.7. The van der Waals surface area contributed by atoms with Crippen LogP contribution in [0.5, 0.6) is 0 Å². The maximum atomic E-state index is 12.3. The highest BCUT2D eigenvalue weighted by Gasteiger charge is 2.16. The number of rotatable bonds is 7. The van der Waals surface area contributed by atoms with Gasteiger partial charge in [0.25, 0.3) is 0 Å². The molecule has 0 spiro atoms. The highest BCUT2D eigenvalue weighted by Crippen LogP contribution is 2.30. The fourth-order valence-electron chi connectivity index (χ4n) is 2.45. The number of hydrogen-bond donors (Lipinski definition) is 1. The Balaban J connectivity index is 1.71. The van der Waals surface area contributed by atoms with Crippen molar-refractivity contribution in [3.8, 4) is 11.4 Å². The van der Waals surface area contributed by atoms with E-state index in [0.29, 0.717) is 20.9 Å². The molecule has 27 heavy (non-hydrogen) atoms. The summed E-state index contributed by atoms with van der Waals surface area (Å²) < 4.78 is 2.01. The van der Waals surface area contributed by atoms with E-state index in [0.717, 1.165) is 24.4 Å². The molecule has 6 nitrogen and oxygen atoms in total. The summed E-state index contributed by atoms with van der Waals surface area (Å²) in [5.41, 5.74) is 1.43. The Bertz CT molecular complexity index is 933. The molecule has 0 saturated carbocycles. The zero-order valence-electron chi connectivity index (χ0n) is 14.5. The lowest BCUT2D eigenvalue weighted by molar-refractivity contribution is -0.113. The fourth-order valence-corrected chi connectivity index (χ4v) is 3.56. The summed E-state index contributed by atoms with van der Waals surface area (Å²) in [6.07, 6.45) is 4.36. The standard InChI is InChI=1S/C18H17Cl2N5OS/c1-2-10-25-17(12-6-8-21-9-7-12)23-24-18(25)27-11-15(26)22-14-5-3-4-13(19)16(14)20/h3-9H,2,10-11H2,1H3,(H,22,26). The normalized spacial score (nSPS) is 10.8. The molecule has 0 fully saturated rings. The summed E-state index contributed by atoms with van der Waals surface area (Å²) in [6.45, 7) is 2.84. The number of aromatic nitrogens is 4. The lowest BCUT2D eigenvalue weighted by Crippen LogP contribution is -2.15. The van der Waals surface area contributed by atoms with E-state index >= 15 is 0 Å². The molecule has 0 aliphatic heterocycles. The van der Waals surface area contributed by atoms with Crippen LogP contribution < -0.4 is 5.32 Å². The summed E-state index contributed by atoms with van der Waals surface area (Å²) in [6, 6.07) is 8.88. The molecule has 2 heterocycles. The largest absolute Gasteiger partial charge is 0.324 e. The van der Waals surface area contributed by atoms with E-state index in [1.807, 2.05) is 16.7 Å². The Labute approximate surface area is 171 Å². The molecule has 0 bridgehead atoms. The quantitative estimate of drug-likeness (QED) is 0.555. The highest BCUT2D eigenvalue weighted by molar-refractivity contribution is 7.99. The van der Waals surface area contributed by atoms with Crippen molar-refractivity contribution in [3.05, 3.63) is 52.8 Å². The van der Waals surface area contributed by atoms with Gasteiger partial charge in [-0.25, -0.2) is 0 Å². The number of benzene rings is 1. The first-order valence-electron chi connectivity index (χ1n) is 8.30. The number of nitrogens with one attached hydrogen (secondary N) is 1. The molecule has 3 aromatic rings. The van der Waals surface area contributed by atoms with Crippen LogP contribution in [0, 0.1) is 0 Å². The first-order valence-corrected chi connectivity index (χ1v) is 10.0. The van der Waals surface area contributed by atoms with Crippen LogP contribution in [0.2, 0.25) is 10.0 Å². The van der Waals surface area contributed by atoms with Crippen LogP contribution in [-0.4, -0.2) is 31.4 Å². The lowest BCUT2D eigenvalue weighted by atomic mass is 10.2. The van der Waals surface area contributed by atoms with Crippen LogP contribution in [0.15, 0.2) is 47.9 Å². The molecular weight excluding hydrogens is 405 g/mol. The Kier molecular flexibility index (Phi) is 6.71. The van der Waals surface area contributed by atoms with Crippen LogP contribution in [0.4, 0.5) is 5.69 Å². The van der Waals surface area contributed by atoms with Gasteiger partial charge in [0.15, 0.2) is 11.0 Å². The average molecular weight is 422 g/mol. The maximum absolute atomic E-state index is 12.3. The molecular formula is C18H17Cl2N5OS. The molecule has 140 valence electrons. The van der Waals surface area contributed by atoms with Gasteiger partial charge < -0.3 is 9.88 Å². The van der Waals surface area contributed by atoms with Crippen molar-refractivity contribution in [1.82, 2.24) is 19.7 Å². The van der Waals surface area contributed by atoms with Crippen LogP contribution in [0.3, 0.4) is 0 Å². The lowest BCUT2D eigenvalue weighted by Gasteiger charge is -2.10. The number of nitrogens with zero attached hydrogens (tertiary/aromatic N) is 4. The molecule has 1 aromatic carbocycles. The van der Waals surface area contributed by atoms with Gasteiger partial charge in [0, 0.05) is 24.5 Å². The minimum Gasteiger partial charge on any atom is -0.324 e. The van der Waals surface area contributed by atoms with E-state index in [4.69, 9.17) is 23.2 Å². The summed E-state index contributed by atoms with van der Waals surface area (Å²) in [5, 5.41) is 12.7. The number of carbonyl (C=O) groups excluding carboxylic acids is 1. The average Bonchev–Trinajstić information content (AvgIpc) is 3.07. The third-order valence-electron chi connectivity index (χ3n) is 3.66. The topological polar surface area (TPSA) is 72.7 Å². The van der Waals surface area contributed by atoms with Crippen molar-refractivity contribution in [2.75, 3.05) is 11.1 Å². The van der Waals surface area contributed by atoms with Crippen molar-refractivity contribution < 1.29 is 4.79 Å². The number of hydrogen-bond acceptors (Lipinski definition) is 5. The van der Waals surface area contributed by atoms with Gasteiger partial charge >= 0.3 is 0 Å². The van der Waals surface area contributed by atoms with E-state index in [9.17, 15) is 4.79 Å². The fraction of sp³-hybridized carbons (Fsp3) is 0.222. The molecule has 3 rings (SSSR count). The van der Waals surface area contributed by atoms with Crippen molar-refractivity contribution in [1.29, 1.82) is 0 Å². The molecule has 0 saturated heterocycles. The van der Waals surface area contributed by atoms with Crippen molar-refractivity contribution in [3.63, 3.8) is 0 Å². The van der Waals surface area contributed by atoms with Gasteiger partial charge in [-0.15, -0.1) is 10.2 Å². The van der Waals surface area contributed by atoms with E-state index < -0.39 is 0 Å². The molecule has 1 amide bonds. The Morgan fingerprint density at radius 2 is 1.96 bits per heavy atom. The zero-order valence-corrected chi connectivity index (χ0v) is 16.9. The first-order chi connectivity index (χ1) is 13.1. The van der Waals surface area contributed by atoms with Gasteiger partial charge in [-0.05, 0) is 30.7 Å². The van der Waals surface area contributed by atoms with E-state index in [2.05, 4.69) is 27.4 Å². The molecule has 0 aliphatic rings. The summed E-state index contributed by atoms with van der Waals surface area (Å²) in [4.78, 5) is 16.3.